The third kappa shape index (κ3) is 21.2. The topological polar surface area (TPSA) is 92.7 Å². The maximum atomic E-state index is 12.1. The average molecular weight is 440 g/mol. The van der Waals surface area contributed by atoms with E-state index in [1.54, 1.807) is 0 Å². The van der Waals surface area contributed by atoms with E-state index in [1.807, 2.05) is 0 Å². The fourth-order valence-electron chi connectivity index (χ4n) is 3.39. The van der Waals surface area contributed by atoms with E-state index in [4.69, 9.17) is 9.84 Å². The van der Waals surface area contributed by atoms with E-state index < -0.39 is 5.97 Å². The molecule has 0 aromatic rings. The van der Waals surface area contributed by atoms with Crippen LogP contribution in [0.15, 0.2) is 12.2 Å². The highest BCUT2D eigenvalue weighted by molar-refractivity contribution is 5.80. The molecule has 2 N–H and O–H groups in total. The number of carboxylic acid groups (broad SMARTS) is 1. The summed E-state index contributed by atoms with van der Waals surface area (Å²) in [7, 11) is 0. The lowest BCUT2D eigenvalue weighted by atomic mass is 10.1. The summed E-state index contributed by atoms with van der Waals surface area (Å²) >= 11 is 0. The van der Waals surface area contributed by atoms with E-state index in [0.717, 1.165) is 51.4 Å². The van der Waals surface area contributed by atoms with E-state index in [0.29, 0.717) is 19.3 Å². The second kappa shape index (κ2) is 21.4. The van der Waals surface area contributed by atoms with Crippen molar-refractivity contribution >= 4 is 17.8 Å². The summed E-state index contributed by atoms with van der Waals surface area (Å²) in [6, 6.07) is 0. The average Bonchev–Trinajstić information content (AvgIpc) is 2.73. The summed E-state index contributed by atoms with van der Waals surface area (Å²) in [4.78, 5) is 34.0. The minimum atomic E-state index is -1.03. The summed E-state index contributed by atoms with van der Waals surface area (Å²) in [5, 5.41) is 10.9. The molecule has 0 aromatic carbocycles. The number of amides is 1. The second-order valence-corrected chi connectivity index (χ2v) is 8.24. The standard InChI is InChI=1S/C25H45NO5/c1-3-5-6-7-8-9-10-11-12-16-20-25(30)31-22(17-4-2)18-14-13-15-19-23(27)26-21-24(28)29/h6-7,22H,3-5,8-21H2,1-2H3,(H,26,27)(H,28,29)/b7-6-. The Hall–Kier alpha value is -1.85. The first-order chi connectivity index (χ1) is 15.0. The highest BCUT2D eigenvalue weighted by Gasteiger charge is 2.13. The number of aliphatic carboxylic acids is 1. The Kier molecular flexibility index (Phi) is 20.1. The first-order valence-electron chi connectivity index (χ1n) is 12.3. The van der Waals surface area contributed by atoms with Crippen LogP contribution >= 0.6 is 0 Å². The molecule has 31 heavy (non-hydrogen) atoms. The summed E-state index contributed by atoms with van der Waals surface area (Å²) in [5.74, 6) is -1.35. The number of carboxylic acids is 1. The lowest BCUT2D eigenvalue weighted by Crippen LogP contribution is -2.28. The van der Waals surface area contributed by atoms with Crippen molar-refractivity contribution in [3.8, 4) is 0 Å². The monoisotopic (exact) mass is 439 g/mol. The van der Waals surface area contributed by atoms with Crippen molar-refractivity contribution in [1.29, 1.82) is 0 Å². The van der Waals surface area contributed by atoms with Gasteiger partial charge in [0.1, 0.15) is 12.6 Å². The van der Waals surface area contributed by atoms with Crippen LogP contribution in [-0.2, 0) is 19.1 Å². The molecule has 0 spiro atoms. The van der Waals surface area contributed by atoms with Gasteiger partial charge in [0.15, 0.2) is 0 Å². The molecule has 0 aliphatic carbocycles. The van der Waals surface area contributed by atoms with Gasteiger partial charge < -0.3 is 15.2 Å². The maximum absolute atomic E-state index is 12.1. The van der Waals surface area contributed by atoms with Gasteiger partial charge in [-0.2, -0.15) is 0 Å². The fraction of sp³-hybridized carbons (Fsp3) is 0.800. The third-order valence-electron chi connectivity index (χ3n) is 5.15. The second-order valence-electron chi connectivity index (χ2n) is 8.24. The van der Waals surface area contributed by atoms with E-state index >= 15 is 0 Å². The smallest absolute Gasteiger partial charge is 0.322 e. The van der Waals surface area contributed by atoms with Crippen molar-refractivity contribution < 1.29 is 24.2 Å². The van der Waals surface area contributed by atoms with Crippen LogP contribution in [0.4, 0.5) is 0 Å². The predicted molar refractivity (Wildman–Crippen MR) is 125 cm³/mol. The predicted octanol–water partition coefficient (Wildman–Crippen LogP) is 5.94. The number of esters is 1. The van der Waals surface area contributed by atoms with Gasteiger partial charge in [0.2, 0.25) is 5.91 Å². The minimum absolute atomic E-state index is 0.0340. The van der Waals surface area contributed by atoms with Crippen molar-refractivity contribution in [1.82, 2.24) is 5.32 Å². The lowest BCUT2D eigenvalue weighted by Gasteiger charge is -2.17. The van der Waals surface area contributed by atoms with Crippen LogP contribution in [0.3, 0.4) is 0 Å². The van der Waals surface area contributed by atoms with Gasteiger partial charge in [-0.1, -0.05) is 64.5 Å². The molecule has 0 rings (SSSR count). The summed E-state index contributed by atoms with van der Waals surface area (Å²) in [6.07, 6.45) is 19.6. The maximum Gasteiger partial charge on any atom is 0.322 e. The Bertz CT molecular complexity index is 504. The van der Waals surface area contributed by atoms with Crippen LogP contribution in [0.5, 0.6) is 0 Å². The minimum Gasteiger partial charge on any atom is -0.480 e. The number of rotatable bonds is 21. The Morgan fingerprint density at radius 1 is 0.806 bits per heavy atom. The first kappa shape index (κ1) is 29.1. The van der Waals surface area contributed by atoms with Crippen LogP contribution in [0.1, 0.15) is 117 Å². The van der Waals surface area contributed by atoms with Gasteiger partial charge in [0, 0.05) is 12.8 Å². The van der Waals surface area contributed by atoms with Gasteiger partial charge >= 0.3 is 11.9 Å². The summed E-state index contributed by atoms with van der Waals surface area (Å²) in [5.41, 5.74) is 0. The van der Waals surface area contributed by atoms with Gasteiger partial charge in [-0.3, -0.25) is 14.4 Å². The van der Waals surface area contributed by atoms with Crippen molar-refractivity contribution in [2.75, 3.05) is 6.54 Å². The first-order valence-corrected chi connectivity index (χ1v) is 12.3. The quantitative estimate of drug-likeness (QED) is 0.131. The Balaban J connectivity index is 3.77. The molecule has 0 radical (unpaired) electrons. The number of nitrogens with one attached hydrogen (secondary N) is 1. The zero-order chi connectivity index (χ0) is 23.2. The molecule has 0 saturated heterocycles. The van der Waals surface area contributed by atoms with Crippen LogP contribution in [0, 0.1) is 0 Å². The molecule has 1 unspecified atom stereocenters. The Morgan fingerprint density at radius 2 is 1.45 bits per heavy atom. The molecule has 6 nitrogen and oxygen atoms in total. The third-order valence-corrected chi connectivity index (χ3v) is 5.15. The van der Waals surface area contributed by atoms with Gasteiger partial charge in [-0.25, -0.2) is 0 Å². The molecule has 0 heterocycles. The van der Waals surface area contributed by atoms with Crippen LogP contribution in [0.2, 0.25) is 0 Å². The zero-order valence-electron chi connectivity index (χ0n) is 19.8. The summed E-state index contributed by atoms with van der Waals surface area (Å²) in [6.45, 7) is 3.95. The van der Waals surface area contributed by atoms with Crippen LogP contribution < -0.4 is 5.32 Å². The SMILES string of the molecule is CCC/C=C\CCCCCCCC(=O)OC(CCC)CCCCCC(=O)NCC(=O)O. The Labute approximate surface area is 189 Å². The van der Waals surface area contributed by atoms with Crippen LogP contribution in [-0.4, -0.2) is 35.6 Å². The Morgan fingerprint density at radius 3 is 2.16 bits per heavy atom. The molecule has 0 bridgehead atoms. The molecule has 0 fully saturated rings. The molecular weight excluding hydrogens is 394 g/mol. The molecule has 180 valence electrons. The molecule has 1 amide bonds. The zero-order valence-corrected chi connectivity index (χ0v) is 19.8. The number of carbonyl (C=O) groups excluding carboxylic acids is 2. The number of carbonyl (C=O) groups is 3. The van der Waals surface area contributed by atoms with Crippen molar-refractivity contribution in [3.63, 3.8) is 0 Å². The number of ether oxygens (including phenoxy) is 1. The van der Waals surface area contributed by atoms with E-state index in [2.05, 4.69) is 31.3 Å². The molecule has 0 aliphatic heterocycles. The number of hydrogen-bond acceptors (Lipinski definition) is 4. The number of allylic oxidation sites excluding steroid dienone is 2. The van der Waals surface area contributed by atoms with E-state index in [9.17, 15) is 14.4 Å². The summed E-state index contributed by atoms with van der Waals surface area (Å²) < 4.78 is 5.67. The van der Waals surface area contributed by atoms with Crippen molar-refractivity contribution in [2.45, 2.75) is 123 Å². The van der Waals surface area contributed by atoms with Crippen molar-refractivity contribution in [3.05, 3.63) is 12.2 Å². The highest BCUT2D eigenvalue weighted by atomic mass is 16.5. The van der Waals surface area contributed by atoms with Gasteiger partial charge in [-0.15, -0.1) is 0 Å². The van der Waals surface area contributed by atoms with Gasteiger partial charge in [0.25, 0.3) is 0 Å². The molecule has 1 atom stereocenters. The van der Waals surface area contributed by atoms with Crippen LogP contribution in [0.25, 0.3) is 0 Å². The highest BCUT2D eigenvalue weighted by Crippen LogP contribution is 2.15. The molecule has 0 aromatic heterocycles. The molecular formula is C25H45NO5. The van der Waals surface area contributed by atoms with Crippen molar-refractivity contribution in [2.24, 2.45) is 0 Å². The van der Waals surface area contributed by atoms with Gasteiger partial charge in [-0.05, 0) is 51.4 Å². The normalized spacial score (nSPS) is 12.1. The largest absolute Gasteiger partial charge is 0.480 e. The van der Waals surface area contributed by atoms with E-state index in [1.165, 1.54) is 32.1 Å². The number of hydrogen-bond donors (Lipinski definition) is 2. The molecule has 0 aliphatic rings. The molecule has 0 saturated carbocycles. The lowest BCUT2D eigenvalue weighted by molar-refractivity contribution is -0.150. The van der Waals surface area contributed by atoms with E-state index in [-0.39, 0.29) is 24.5 Å². The fourth-order valence-corrected chi connectivity index (χ4v) is 3.39. The molecule has 6 heteroatoms. The number of unbranched alkanes of at least 4 members (excludes halogenated alkanes) is 8. The van der Waals surface area contributed by atoms with Gasteiger partial charge in [0.05, 0.1) is 0 Å².